The minimum absolute atomic E-state index is 0.884. The first kappa shape index (κ1) is 16.2. The summed E-state index contributed by atoms with van der Waals surface area (Å²) < 4.78 is 11.9. The van der Waals surface area contributed by atoms with Crippen molar-refractivity contribution in [3.05, 3.63) is 82.3 Å². The Kier molecular flexibility index (Phi) is 3.45. The van der Waals surface area contributed by atoms with Crippen LogP contribution >= 0.6 is 0 Å². The monoisotopic (exact) mass is 353 g/mol. The summed E-state index contributed by atoms with van der Waals surface area (Å²) >= 11 is 0. The van der Waals surface area contributed by atoms with Gasteiger partial charge in [0.1, 0.15) is 11.5 Å². The maximum Gasteiger partial charge on any atom is 0.138 e. The first-order valence-electron chi connectivity index (χ1n) is 9.32. The van der Waals surface area contributed by atoms with Gasteiger partial charge in [0.25, 0.3) is 0 Å². The molecule has 0 aliphatic heterocycles. The topological polar surface area (TPSA) is 26.3 Å². The molecule has 1 aliphatic rings. The number of rotatable bonds is 2. The first-order valence-corrected chi connectivity index (χ1v) is 9.32. The summed E-state index contributed by atoms with van der Waals surface area (Å²) in [6.07, 6.45) is 4.56. The molecule has 0 fully saturated rings. The molecule has 27 heavy (non-hydrogen) atoms. The molecule has 2 heterocycles. The molecule has 0 amide bonds. The predicted molar refractivity (Wildman–Crippen MR) is 108 cm³/mol. The molecule has 4 aromatic rings. The maximum atomic E-state index is 5.98. The van der Waals surface area contributed by atoms with E-state index in [0.29, 0.717) is 0 Å². The Hall–Kier alpha value is -3.00. The van der Waals surface area contributed by atoms with Crippen LogP contribution in [0.2, 0.25) is 0 Å². The summed E-state index contributed by atoms with van der Waals surface area (Å²) in [7, 11) is 0. The quantitative estimate of drug-likeness (QED) is 0.348. The molecule has 2 nitrogen and oxygen atoms in total. The van der Waals surface area contributed by atoms with Crippen molar-refractivity contribution in [3.63, 3.8) is 0 Å². The average Bonchev–Trinajstić information content (AvgIpc) is 3.31. The van der Waals surface area contributed by atoms with E-state index in [0.717, 1.165) is 51.3 Å². The second kappa shape index (κ2) is 5.75. The second-order valence-electron chi connectivity index (χ2n) is 7.53. The van der Waals surface area contributed by atoms with Crippen molar-refractivity contribution in [2.24, 2.45) is 0 Å². The summed E-state index contributed by atoms with van der Waals surface area (Å²) in [5.74, 6) is 1.79. The summed E-state index contributed by atoms with van der Waals surface area (Å²) in [6.45, 7) is 8.37. The van der Waals surface area contributed by atoms with Crippen molar-refractivity contribution in [2.45, 2.75) is 34.1 Å². The third kappa shape index (κ3) is 2.33. The van der Waals surface area contributed by atoms with E-state index in [2.05, 4.69) is 64.1 Å². The molecule has 5 rings (SSSR count). The minimum Gasteiger partial charge on any atom is -0.464 e. The Morgan fingerprint density at radius 1 is 0.778 bits per heavy atom. The highest BCUT2D eigenvalue weighted by molar-refractivity contribution is 5.89. The number of aryl methyl sites for hydroxylation is 2. The average molecular weight is 353 g/mol. The van der Waals surface area contributed by atoms with Gasteiger partial charge >= 0.3 is 0 Å². The van der Waals surface area contributed by atoms with Crippen LogP contribution in [-0.2, 0) is 6.42 Å². The highest BCUT2D eigenvalue weighted by Crippen LogP contribution is 2.45. The minimum atomic E-state index is 0.884. The summed E-state index contributed by atoms with van der Waals surface area (Å²) in [5, 5.41) is 0. The van der Waals surface area contributed by atoms with Gasteiger partial charge in [-0.3, -0.25) is 0 Å². The number of hydrogen-bond acceptors (Lipinski definition) is 2. The molecule has 0 spiro atoms. The predicted octanol–water partition coefficient (Wildman–Crippen LogP) is 6.81. The maximum absolute atomic E-state index is 5.98. The summed E-state index contributed by atoms with van der Waals surface area (Å²) in [4.78, 5) is 0. The van der Waals surface area contributed by atoms with E-state index in [1.165, 1.54) is 22.3 Å². The number of hydrogen-bond donors (Lipinski definition) is 0. The van der Waals surface area contributed by atoms with E-state index in [1.54, 1.807) is 0 Å². The Bertz CT molecular complexity index is 1190. The van der Waals surface area contributed by atoms with Crippen LogP contribution in [0, 0.1) is 33.8 Å². The Balaban J connectivity index is 1.82. The lowest BCUT2D eigenvalue weighted by Gasteiger charge is -2.11. The zero-order valence-electron chi connectivity index (χ0n) is 16.1. The molecular formula is C25H21O2. The van der Waals surface area contributed by atoms with Crippen LogP contribution in [0.15, 0.2) is 51.7 Å². The molecule has 1 radical (unpaired) electrons. The van der Waals surface area contributed by atoms with Gasteiger partial charge in [-0.25, -0.2) is 0 Å². The van der Waals surface area contributed by atoms with Gasteiger partial charge in [-0.05, 0) is 90.8 Å². The van der Waals surface area contributed by atoms with Crippen molar-refractivity contribution < 1.29 is 8.83 Å². The van der Waals surface area contributed by atoms with Crippen molar-refractivity contribution in [3.8, 4) is 33.8 Å². The molecule has 133 valence electrons. The van der Waals surface area contributed by atoms with Crippen molar-refractivity contribution in [1.82, 2.24) is 0 Å². The Morgan fingerprint density at radius 3 is 2.11 bits per heavy atom. The van der Waals surface area contributed by atoms with Crippen LogP contribution in [0.25, 0.3) is 33.8 Å². The Morgan fingerprint density at radius 2 is 1.44 bits per heavy atom. The molecule has 0 atom stereocenters. The van der Waals surface area contributed by atoms with Gasteiger partial charge in [0.15, 0.2) is 0 Å². The summed E-state index contributed by atoms with van der Waals surface area (Å²) in [5.41, 5.74) is 11.8. The van der Waals surface area contributed by atoms with Gasteiger partial charge in [-0.15, -0.1) is 0 Å². The van der Waals surface area contributed by atoms with Crippen LogP contribution in [-0.4, -0.2) is 0 Å². The van der Waals surface area contributed by atoms with E-state index in [-0.39, 0.29) is 0 Å². The van der Waals surface area contributed by atoms with E-state index in [1.807, 2.05) is 12.5 Å². The fourth-order valence-corrected chi connectivity index (χ4v) is 3.97. The normalized spacial score (nSPS) is 12.3. The van der Waals surface area contributed by atoms with Crippen LogP contribution in [0.5, 0.6) is 0 Å². The second-order valence-corrected chi connectivity index (χ2v) is 7.53. The molecule has 0 saturated carbocycles. The molecule has 2 aromatic heterocycles. The molecule has 1 aliphatic carbocycles. The third-order valence-corrected chi connectivity index (χ3v) is 5.88. The third-order valence-electron chi connectivity index (χ3n) is 5.88. The number of fused-ring (bicyclic) bond motifs is 3. The van der Waals surface area contributed by atoms with Gasteiger partial charge in [0.05, 0.1) is 12.5 Å². The largest absolute Gasteiger partial charge is 0.464 e. The van der Waals surface area contributed by atoms with Gasteiger partial charge < -0.3 is 8.83 Å². The molecule has 2 heteroatoms. The lowest BCUT2D eigenvalue weighted by molar-refractivity contribution is 0.572. The molecule has 0 saturated heterocycles. The lowest BCUT2D eigenvalue weighted by Crippen LogP contribution is -1.92. The lowest BCUT2D eigenvalue weighted by atomic mass is 9.92. The first-order chi connectivity index (χ1) is 13.0. The van der Waals surface area contributed by atoms with Gasteiger partial charge in [-0.2, -0.15) is 0 Å². The number of furan rings is 2. The highest BCUT2D eigenvalue weighted by atomic mass is 16.3. The van der Waals surface area contributed by atoms with Gasteiger partial charge in [0, 0.05) is 11.1 Å². The summed E-state index contributed by atoms with van der Waals surface area (Å²) in [6, 6.07) is 14.6. The molecule has 0 N–H and O–H groups in total. The highest BCUT2D eigenvalue weighted by Gasteiger charge is 2.25. The van der Waals surface area contributed by atoms with Crippen molar-refractivity contribution >= 4 is 0 Å². The van der Waals surface area contributed by atoms with E-state index in [9.17, 15) is 0 Å². The van der Waals surface area contributed by atoms with E-state index in [4.69, 9.17) is 8.83 Å². The van der Waals surface area contributed by atoms with E-state index < -0.39 is 0 Å². The van der Waals surface area contributed by atoms with Gasteiger partial charge in [0.2, 0.25) is 0 Å². The Labute approximate surface area is 159 Å². The SMILES string of the molecule is Cc1coc(-c2[c]c3c(cc2-c2occ(C)c2C)-c2ccccc2C3)c1C. The number of benzene rings is 2. The van der Waals surface area contributed by atoms with Crippen LogP contribution in [0.1, 0.15) is 33.4 Å². The van der Waals surface area contributed by atoms with Crippen molar-refractivity contribution in [1.29, 1.82) is 0 Å². The van der Waals surface area contributed by atoms with Gasteiger partial charge in [-0.1, -0.05) is 24.3 Å². The van der Waals surface area contributed by atoms with E-state index >= 15 is 0 Å². The van der Waals surface area contributed by atoms with Crippen LogP contribution < -0.4 is 0 Å². The molecule has 0 unspecified atom stereocenters. The zero-order valence-corrected chi connectivity index (χ0v) is 16.1. The zero-order chi connectivity index (χ0) is 18.7. The molecular weight excluding hydrogens is 332 g/mol. The van der Waals surface area contributed by atoms with Crippen LogP contribution in [0.4, 0.5) is 0 Å². The molecule has 0 bridgehead atoms. The van der Waals surface area contributed by atoms with Crippen LogP contribution in [0.3, 0.4) is 0 Å². The smallest absolute Gasteiger partial charge is 0.138 e. The fraction of sp³-hybridized carbons (Fsp3) is 0.200. The fourth-order valence-electron chi connectivity index (χ4n) is 3.97. The standard InChI is InChI=1S/C25H21O2/c1-14-12-26-24(16(14)3)22-10-19-9-18-7-5-6-8-20(18)21(19)11-23(22)25-17(4)15(2)13-27-25/h5-8,11-13H,9H2,1-4H3. The molecule has 2 aromatic carbocycles. The van der Waals surface area contributed by atoms with Crippen molar-refractivity contribution in [2.75, 3.05) is 0 Å².